The Morgan fingerprint density at radius 1 is 1.12 bits per heavy atom. The highest BCUT2D eigenvalue weighted by molar-refractivity contribution is 7.13. The maximum Gasteiger partial charge on any atom is 0.267 e. The van der Waals surface area contributed by atoms with Crippen LogP contribution in [-0.4, -0.2) is 51.5 Å². The first-order valence-corrected chi connectivity index (χ1v) is 11.6. The van der Waals surface area contributed by atoms with Crippen molar-refractivity contribution in [2.24, 2.45) is 5.92 Å². The summed E-state index contributed by atoms with van der Waals surface area (Å²) in [6.07, 6.45) is 0.635. The van der Waals surface area contributed by atoms with Crippen LogP contribution in [-0.2, 0) is 6.54 Å². The van der Waals surface area contributed by atoms with Gasteiger partial charge < -0.3 is 9.80 Å². The zero-order chi connectivity index (χ0) is 22.4. The monoisotopic (exact) mass is 448 g/mol. The Hall–Kier alpha value is -3.26. The molecule has 8 heteroatoms. The molecule has 2 aliphatic heterocycles. The van der Waals surface area contributed by atoms with E-state index in [0.717, 1.165) is 16.1 Å². The van der Waals surface area contributed by atoms with E-state index in [-0.39, 0.29) is 29.3 Å². The normalized spacial score (nSPS) is 20.5. The summed E-state index contributed by atoms with van der Waals surface area (Å²) in [7, 11) is 1.75. The van der Waals surface area contributed by atoms with E-state index < -0.39 is 0 Å². The fraction of sp³-hybridized carbons (Fsp3) is 0.333. The van der Waals surface area contributed by atoms with Gasteiger partial charge >= 0.3 is 0 Å². The molecule has 0 radical (unpaired) electrons. The van der Waals surface area contributed by atoms with Crippen molar-refractivity contribution in [2.75, 3.05) is 20.1 Å². The molecule has 0 spiro atoms. The number of rotatable bonds is 3. The van der Waals surface area contributed by atoms with Crippen LogP contribution in [0, 0.1) is 5.92 Å². The maximum absolute atomic E-state index is 13.3. The zero-order valence-corrected chi connectivity index (χ0v) is 18.8. The lowest BCUT2D eigenvalue weighted by Crippen LogP contribution is -2.46. The molecule has 0 saturated carbocycles. The lowest BCUT2D eigenvalue weighted by Gasteiger charge is -2.37. The molecule has 164 valence electrons. The zero-order valence-electron chi connectivity index (χ0n) is 18.0. The summed E-state index contributed by atoms with van der Waals surface area (Å²) in [6.45, 7) is 3.60. The van der Waals surface area contributed by atoms with Crippen molar-refractivity contribution in [1.82, 2.24) is 19.6 Å². The maximum atomic E-state index is 13.3. The fourth-order valence-electron chi connectivity index (χ4n) is 4.75. The highest BCUT2D eigenvalue weighted by Gasteiger charge is 2.35. The van der Waals surface area contributed by atoms with Crippen molar-refractivity contribution < 1.29 is 9.59 Å². The van der Waals surface area contributed by atoms with Crippen LogP contribution in [0.1, 0.15) is 45.7 Å². The average molecular weight is 449 g/mol. The van der Waals surface area contributed by atoms with Gasteiger partial charge in [-0.2, -0.15) is 5.10 Å². The van der Waals surface area contributed by atoms with Gasteiger partial charge in [0.2, 0.25) is 0 Å². The molecule has 2 atom stereocenters. The van der Waals surface area contributed by atoms with Crippen LogP contribution in [0.3, 0.4) is 0 Å². The Kier molecular flexibility index (Phi) is 5.17. The summed E-state index contributed by atoms with van der Waals surface area (Å²) in [5.41, 5.74) is 2.55. The summed E-state index contributed by atoms with van der Waals surface area (Å²) in [5.74, 6) is -0.178. The first kappa shape index (κ1) is 20.6. The topological polar surface area (TPSA) is 75.5 Å². The highest BCUT2D eigenvalue weighted by atomic mass is 32.1. The molecule has 4 heterocycles. The number of nitrogens with zero attached hydrogens (tertiary/aromatic N) is 4. The number of likely N-dealkylation sites (tertiary alicyclic amines) is 1. The van der Waals surface area contributed by atoms with Crippen molar-refractivity contribution in [3.8, 4) is 10.6 Å². The molecule has 7 nitrogen and oxygen atoms in total. The predicted molar refractivity (Wildman–Crippen MR) is 123 cm³/mol. The van der Waals surface area contributed by atoms with Crippen LogP contribution < -0.4 is 5.56 Å². The van der Waals surface area contributed by atoms with E-state index in [1.807, 2.05) is 36.6 Å². The molecule has 0 bridgehead atoms. The third-order valence-electron chi connectivity index (χ3n) is 6.41. The summed E-state index contributed by atoms with van der Waals surface area (Å²) in [6, 6.07) is 12.7. The fourth-order valence-corrected chi connectivity index (χ4v) is 5.44. The third kappa shape index (κ3) is 3.44. The van der Waals surface area contributed by atoms with Gasteiger partial charge in [-0.05, 0) is 41.5 Å². The quantitative estimate of drug-likeness (QED) is 0.616. The number of thiophene rings is 1. The number of aromatic nitrogens is 2. The van der Waals surface area contributed by atoms with E-state index >= 15 is 0 Å². The van der Waals surface area contributed by atoms with Crippen LogP contribution in [0.25, 0.3) is 10.6 Å². The Bertz CT molecular complexity index is 1250. The molecule has 0 unspecified atom stereocenters. The minimum Gasteiger partial charge on any atom is -0.338 e. The number of hydrogen-bond donors (Lipinski definition) is 0. The molecule has 3 aromatic rings. The van der Waals surface area contributed by atoms with E-state index in [1.54, 1.807) is 51.1 Å². The van der Waals surface area contributed by atoms with Gasteiger partial charge in [0.25, 0.3) is 17.4 Å². The molecule has 0 N–H and O–H groups in total. The summed E-state index contributed by atoms with van der Waals surface area (Å²) >= 11 is 1.59. The predicted octanol–water partition coefficient (Wildman–Crippen LogP) is 3.28. The Morgan fingerprint density at radius 2 is 1.97 bits per heavy atom. The van der Waals surface area contributed by atoms with Gasteiger partial charge in [-0.1, -0.05) is 25.1 Å². The molecule has 0 aliphatic carbocycles. The Balaban J connectivity index is 1.38. The van der Waals surface area contributed by atoms with Crippen LogP contribution in [0.5, 0.6) is 0 Å². The van der Waals surface area contributed by atoms with Crippen molar-refractivity contribution in [3.63, 3.8) is 0 Å². The summed E-state index contributed by atoms with van der Waals surface area (Å²) in [4.78, 5) is 43.0. The molecule has 5 rings (SSSR count). The molecular formula is C24H24N4O3S. The molecule has 32 heavy (non-hydrogen) atoms. The van der Waals surface area contributed by atoms with Crippen LogP contribution in [0.15, 0.2) is 52.6 Å². The highest BCUT2D eigenvalue weighted by Crippen LogP contribution is 2.31. The van der Waals surface area contributed by atoms with Gasteiger partial charge in [-0.25, -0.2) is 4.68 Å². The Morgan fingerprint density at radius 3 is 2.72 bits per heavy atom. The first-order valence-electron chi connectivity index (χ1n) is 10.7. The van der Waals surface area contributed by atoms with E-state index in [4.69, 9.17) is 0 Å². The second-order valence-electron chi connectivity index (χ2n) is 8.56. The lowest BCUT2D eigenvalue weighted by molar-refractivity contribution is 0.0602. The summed E-state index contributed by atoms with van der Waals surface area (Å²) < 4.78 is 1.58. The Labute approximate surface area is 189 Å². The van der Waals surface area contributed by atoms with Crippen molar-refractivity contribution in [3.05, 3.63) is 74.9 Å². The van der Waals surface area contributed by atoms with Gasteiger partial charge in [0.15, 0.2) is 0 Å². The largest absolute Gasteiger partial charge is 0.338 e. The van der Waals surface area contributed by atoms with Crippen molar-refractivity contribution in [1.29, 1.82) is 0 Å². The number of carbonyl (C=O) groups excluding carboxylic acids is 2. The van der Waals surface area contributed by atoms with E-state index in [2.05, 4.69) is 5.10 Å². The second kappa shape index (κ2) is 8.02. The van der Waals surface area contributed by atoms with Crippen LogP contribution in [0.4, 0.5) is 0 Å². The lowest BCUT2D eigenvalue weighted by atomic mass is 9.92. The molecule has 1 fully saturated rings. The van der Waals surface area contributed by atoms with Gasteiger partial charge in [-0.15, -0.1) is 11.3 Å². The first-order chi connectivity index (χ1) is 15.4. The third-order valence-corrected chi connectivity index (χ3v) is 7.30. The molecular weight excluding hydrogens is 424 g/mol. The number of carbonyl (C=O) groups is 2. The number of fused-ring (bicyclic) bond motifs is 1. The summed E-state index contributed by atoms with van der Waals surface area (Å²) in [5, 5.41) is 6.63. The van der Waals surface area contributed by atoms with E-state index in [0.29, 0.717) is 37.2 Å². The van der Waals surface area contributed by atoms with Gasteiger partial charge in [0, 0.05) is 32.7 Å². The molecule has 2 aliphatic rings. The number of piperidine rings is 1. The smallest absolute Gasteiger partial charge is 0.267 e. The van der Waals surface area contributed by atoms with E-state index in [9.17, 15) is 14.4 Å². The SMILES string of the molecule is C[C@H]1CN(C(=O)c2cccc3c2C(=O)N(C)C3)CC[C@@H]1n1nc(-c2cccs2)ccc1=O. The standard InChI is InChI=1S/C24H24N4O3S/c1-15-13-27(23(30)17-6-3-5-16-14-26(2)24(31)22(16)17)11-10-19(15)28-21(29)9-8-18(25-28)20-7-4-12-32-20/h3-9,12,15,19H,10-11,13-14H2,1-2H3/t15-,19-/m0/s1. The van der Waals surface area contributed by atoms with Crippen molar-refractivity contribution >= 4 is 23.2 Å². The molecule has 2 amide bonds. The average Bonchev–Trinajstić information content (AvgIpc) is 3.42. The van der Waals surface area contributed by atoms with Crippen LogP contribution >= 0.6 is 11.3 Å². The van der Waals surface area contributed by atoms with Gasteiger partial charge in [0.1, 0.15) is 5.69 Å². The molecule has 1 aromatic carbocycles. The second-order valence-corrected chi connectivity index (χ2v) is 9.51. The van der Waals surface area contributed by atoms with Gasteiger partial charge in [0.05, 0.1) is 22.0 Å². The van der Waals surface area contributed by atoms with Crippen LogP contribution in [0.2, 0.25) is 0 Å². The minimum absolute atomic E-state index is 0.0478. The number of amides is 2. The number of benzene rings is 1. The minimum atomic E-state index is -0.128. The van der Waals surface area contributed by atoms with Gasteiger partial charge in [-0.3, -0.25) is 14.4 Å². The molecule has 1 saturated heterocycles. The molecule has 2 aromatic heterocycles. The van der Waals surface area contributed by atoms with E-state index in [1.165, 1.54) is 0 Å². The number of hydrogen-bond acceptors (Lipinski definition) is 5. The van der Waals surface area contributed by atoms with Crippen molar-refractivity contribution in [2.45, 2.75) is 25.9 Å².